The highest BCUT2D eigenvalue weighted by atomic mass is 16.5. The first-order valence-electron chi connectivity index (χ1n) is 7.41. The van der Waals surface area contributed by atoms with Crippen LogP contribution in [0.4, 0.5) is 0 Å². The van der Waals surface area contributed by atoms with Crippen LogP contribution in [0.2, 0.25) is 0 Å². The third kappa shape index (κ3) is 7.08. The molecule has 0 atom stereocenters. The molecule has 1 N–H and O–H groups in total. The van der Waals surface area contributed by atoms with Gasteiger partial charge in [-0.1, -0.05) is 6.92 Å². The first-order chi connectivity index (χ1) is 9.42. The van der Waals surface area contributed by atoms with Gasteiger partial charge in [0.05, 0.1) is 19.8 Å². The molecule has 0 fully saturated rings. The third-order valence-electron chi connectivity index (χ3n) is 2.82. The average molecular weight is 283 g/mol. The Balaban J connectivity index is 2.30. The SMILES string of the molecule is CCCOCCOCc1cc(C)c(CNC(C)(C)C)o1. The molecule has 0 aliphatic rings. The Bertz CT molecular complexity index is 380. The van der Waals surface area contributed by atoms with Crippen LogP contribution in [0.1, 0.15) is 51.2 Å². The molecule has 4 nitrogen and oxygen atoms in total. The highest BCUT2D eigenvalue weighted by Gasteiger charge is 2.12. The smallest absolute Gasteiger partial charge is 0.130 e. The van der Waals surface area contributed by atoms with E-state index in [-0.39, 0.29) is 5.54 Å². The highest BCUT2D eigenvalue weighted by Crippen LogP contribution is 2.16. The van der Waals surface area contributed by atoms with Gasteiger partial charge in [0.1, 0.15) is 18.1 Å². The fourth-order valence-electron chi connectivity index (χ4n) is 1.72. The lowest BCUT2D eigenvalue weighted by Gasteiger charge is -2.19. The molecule has 0 saturated heterocycles. The van der Waals surface area contributed by atoms with Gasteiger partial charge in [-0.15, -0.1) is 0 Å². The molecule has 0 amide bonds. The van der Waals surface area contributed by atoms with Crippen LogP contribution in [0.25, 0.3) is 0 Å². The Labute approximate surface area is 122 Å². The van der Waals surface area contributed by atoms with E-state index >= 15 is 0 Å². The van der Waals surface area contributed by atoms with Crippen molar-refractivity contribution in [2.75, 3.05) is 19.8 Å². The van der Waals surface area contributed by atoms with Gasteiger partial charge in [0, 0.05) is 12.1 Å². The average Bonchev–Trinajstić information content (AvgIpc) is 2.71. The first kappa shape index (κ1) is 17.2. The number of aryl methyl sites for hydroxylation is 1. The quantitative estimate of drug-likeness (QED) is 0.705. The fraction of sp³-hybridized carbons (Fsp3) is 0.750. The standard InChI is InChI=1S/C16H29NO3/c1-6-7-18-8-9-19-12-14-10-13(2)15(20-14)11-17-16(3,4)5/h10,17H,6-9,11-12H2,1-5H3. The molecule has 0 saturated carbocycles. The molecule has 1 aromatic heterocycles. The van der Waals surface area contributed by atoms with Gasteiger partial charge >= 0.3 is 0 Å². The van der Waals surface area contributed by atoms with Crippen molar-refractivity contribution >= 4 is 0 Å². The largest absolute Gasteiger partial charge is 0.462 e. The molecule has 1 aromatic rings. The van der Waals surface area contributed by atoms with Crippen molar-refractivity contribution in [3.05, 3.63) is 23.2 Å². The second-order valence-electron chi connectivity index (χ2n) is 6.09. The summed E-state index contributed by atoms with van der Waals surface area (Å²) in [5.41, 5.74) is 1.26. The third-order valence-corrected chi connectivity index (χ3v) is 2.82. The molecule has 4 heteroatoms. The molecule has 0 spiro atoms. The topological polar surface area (TPSA) is 43.6 Å². The van der Waals surface area contributed by atoms with E-state index in [0.717, 1.165) is 31.1 Å². The van der Waals surface area contributed by atoms with E-state index in [4.69, 9.17) is 13.9 Å². The van der Waals surface area contributed by atoms with E-state index in [9.17, 15) is 0 Å². The van der Waals surface area contributed by atoms with E-state index < -0.39 is 0 Å². The number of ether oxygens (including phenoxy) is 2. The van der Waals surface area contributed by atoms with Crippen molar-refractivity contribution in [2.45, 2.75) is 59.7 Å². The zero-order valence-electron chi connectivity index (χ0n) is 13.5. The predicted octanol–water partition coefficient (Wildman–Crippen LogP) is 3.42. The van der Waals surface area contributed by atoms with Crippen molar-refractivity contribution in [1.29, 1.82) is 0 Å². The van der Waals surface area contributed by atoms with Crippen LogP contribution in [0.3, 0.4) is 0 Å². The Morgan fingerprint density at radius 3 is 2.50 bits per heavy atom. The van der Waals surface area contributed by atoms with Gasteiger partial charge in [-0.05, 0) is 45.7 Å². The summed E-state index contributed by atoms with van der Waals surface area (Å²) in [6.45, 7) is 13.9. The van der Waals surface area contributed by atoms with Crippen LogP contribution < -0.4 is 5.32 Å². The molecule has 0 radical (unpaired) electrons. The molecule has 1 rings (SSSR count). The highest BCUT2D eigenvalue weighted by molar-refractivity contribution is 5.19. The van der Waals surface area contributed by atoms with Crippen molar-refractivity contribution in [2.24, 2.45) is 0 Å². The lowest BCUT2D eigenvalue weighted by molar-refractivity contribution is 0.0346. The van der Waals surface area contributed by atoms with Crippen molar-refractivity contribution in [3.63, 3.8) is 0 Å². The van der Waals surface area contributed by atoms with E-state index in [2.05, 4.69) is 39.9 Å². The molecule has 0 aliphatic carbocycles. The second kappa shape index (κ2) is 8.45. The summed E-state index contributed by atoms with van der Waals surface area (Å²) in [6.07, 6.45) is 1.04. The summed E-state index contributed by atoms with van der Waals surface area (Å²) >= 11 is 0. The van der Waals surface area contributed by atoms with Crippen LogP contribution in [0, 0.1) is 6.92 Å². The summed E-state index contributed by atoms with van der Waals surface area (Å²) in [4.78, 5) is 0. The second-order valence-corrected chi connectivity index (χ2v) is 6.09. The van der Waals surface area contributed by atoms with Gasteiger partial charge in [0.15, 0.2) is 0 Å². The predicted molar refractivity (Wildman–Crippen MR) is 80.8 cm³/mol. The number of nitrogens with one attached hydrogen (secondary N) is 1. The molecule has 0 bridgehead atoms. The maximum atomic E-state index is 5.81. The minimum Gasteiger partial charge on any atom is -0.462 e. The molecule has 0 aromatic carbocycles. The molecular formula is C16H29NO3. The van der Waals surface area contributed by atoms with Gasteiger partial charge in [-0.3, -0.25) is 0 Å². The number of hydrogen-bond acceptors (Lipinski definition) is 4. The van der Waals surface area contributed by atoms with E-state index in [1.165, 1.54) is 5.56 Å². The van der Waals surface area contributed by atoms with Gasteiger partial charge < -0.3 is 19.2 Å². The van der Waals surface area contributed by atoms with Crippen molar-refractivity contribution in [1.82, 2.24) is 5.32 Å². The maximum absolute atomic E-state index is 5.81. The molecule has 1 heterocycles. The normalized spacial score (nSPS) is 12.1. The lowest BCUT2D eigenvalue weighted by Crippen LogP contribution is -2.35. The number of hydrogen-bond donors (Lipinski definition) is 1. The van der Waals surface area contributed by atoms with Crippen molar-refractivity contribution < 1.29 is 13.9 Å². The summed E-state index contributed by atoms with van der Waals surface area (Å²) in [7, 11) is 0. The van der Waals surface area contributed by atoms with Gasteiger partial charge in [0.2, 0.25) is 0 Å². The zero-order chi connectivity index (χ0) is 15.0. The van der Waals surface area contributed by atoms with E-state index in [0.29, 0.717) is 19.8 Å². The van der Waals surface area contributed by atoms with E-state index in [1.54, 1.807) is 0 Å². The monoisotopic (exact) mass is 283 g/mol. The summed E-state index contributed by atoms with van der Waals surface area (Å²) in [6, 6.07) is 2.05. The van der Waals surface area contributed by atoms with Crippen LogP contribution in [0.5, 0.6) is 0 Å². The molecule has 20 heavy (non-hydrogen) atoms. The Hall–Kier alpha value is -0.840. The summed E-state index contributed by atoms with van der Waals surface area (Å²) < 4.78 is 16.7. The van der Waals surface area contributed by atoms with Gasteiger partial charge in [-0.25, -0.2) is 0 Å². The molecule has 0 aliphatic heterocycles. The molecular weight excluding hydrogens is 254 g/mol. The van der Waals surface area contributed by atoms with Crippen LogP contribution in [0.15, 0.2) is 10.5 Å². The lowest BCUT2D eigenvalue weighted by atomic mass is 10.1. The molecule has 116 valence electrons. The minimum absolute atomic E-state index is 0.0898. The zero-order valence-corrected chi connectivity index (χ0v) is 13.5. The maximum Gasteiger partial charge on any atom is 0.130 e. The van der Waals surface area contributed by atoms with Crippen LogP contribution >= 0.6 is 0 Å². The Kier molecular flexibility index (Phi) is 7.27. The summed E-state index contributed by atoms with van der Waals surface area (Å²) in [5, 5.41) is 3.43. The fourth-order valence-corrected chi connectivity index (χ4v) is 1.72. The van der Waals surface area contributed by atoms with Gasteiger partial charge in [-0.2, -0.15) is 0 Å². The van der Waals surface area contributed by atoms with Gasteiger partial charge in [0.25, 0.3) is 0 Å². The van der Waals surface area contributed by atoms with Crippen LogP contribution in [-0.4, -0.2) is 25.4 Å². The number of furan rings is 1. The van der Waals surface area contributed by atoms with Crippen molar-refractivity contribution in [3.8, 4) is 0 Å². The van der Waals surface area contributed by atoms with E-state index in [1.807, 2.05) is 6.07 Å². The summed E-state index contributed by atoms with van der Waals surface area (Å²) in [5.74, 6) is 1.87. The Morgan fingerprint density at radius 2 is 1.85 bits per heavy atom. The first-order valence-corrected chi connectivity index (χ1v) is 7.41. The van der Waals surface area contributed by atoms with Crippen LogP contribution in [-0.2, 0) is 22.6 Å². The molecule has 0 unspecified atom stereocenters. The Morgan fingerprint density at radius 1 is 1.15 bits per heavy atom. The number of rotatable bonds is 9. The minimum atomic E-state index is 0.0898.